The average Bonchev–Trinajstić information content (AvgIpc) is 3.18. The number of para-hydroxylation sites is 1. The molecule has 0 aliphatic heterocycles. The third kappa shape index (κ3) is 4.43. The molecular weight excluding hydrogens is 438 g/mol. The summed E-state index contributed by atoms with van der Waals surface area (Å²) in [6.07, 6.45) is 0. The van der Waals surface area contributed by atoms with Crippen LogP contribution in [0.4, 0.5) is 5.69 Å². The maximum atomic E-state index is 12.4. The van der Waals surface area contributed by atoms with Crippen LogP contribution in [-0.4, -0.2) is 23.1 Å². The van der Waals surface area contributed by atoms with E-state index in [9.17, 15) is 4.79 Å². The lowest BCUT2D eigenvalue weighted by Crippen LogP contribution is -2.34. The maximum Gasteiger partial charge on any atom is 0.257 e. The molecule has 0 aliphatic rings. The number of hydrogen-bond acceptors (Lipinski definition) is 5. The summed E-state index contributed by atoms with van der Waals surface area (Å²) < 4.78 is 6.55. The standard InChI is InChI=1S/C22H16ClN3O2S2/c1-28-18-10-9-14(21-24-16-7-2-3-8-19(16)30-21)12-17(18)25-22(29)26-20(27)13-5-4-6-15(23)11-13/h2-12H,1H3,(H2,25,26,27,29). The number of carbonyl (C=O) groups excluding carboxylic acids is 1. The number of nitrogens with one attached hydrogen (secondary N) is 2. The summed E-state index contributed by atoms with van der Waals surface area (Å²) in [5.41, 5.74) is 2.92. The van der Waals surface area contributed by atoms with E-state index < -0.39 is 0 Å². The number of ether oxygens (including phenoxy) is 1. The van der Waals surface area contributed by atoms with Crippen molar-refractivity contribution in [3.8, 4) is 16.3 Å². The van der Waals surface area contributed by atoms with Crippen LogP contribution in [0.15, 0.2) is 66.7 Å². The fourth-order valence-corrected chi connectivity index (χ4v) is 4.25. The van der Waals surface area contributed by atoms with Gasteiger partial charge >= 0.3 is 0 Å². The second kappa shape index (κ2) is 8.79. The van der Waals surface area contributed by atoms with Crippen LogP contribution in [0, 0.1) is 0 Å². The normalized spacial score (nSPS) is 10.6. The number of anilines is 1. The van der Waals surface area contributed by atoms with Gasteiger partial charge in [0.2, 0.25) is 0 Å². The molecule has 0 bridgehead atoms. The molecule has 0 saturated heterocycles. The summed E-state index contributed by atoms with van der Waals surface area (Å²) in [4.78, 5) is 17.1. The van der Waals surface area contributed by atoms with Crippen molar-refractivity contribution in [1.82, 2.24) is 10.3 Å². The van der Waals surface area contributed by atoms with Gasteiger partial charge in [0.15, 0.2) is 5.11 Å². The number of aromatic nitrogens is 1. The number of nitrogens with zero attached hydrogens (tertiary/aromatic N) is 1. The van der Waals surface area contributed by atoms with Crippen LogP contribution in [0.1, 0.15) is 10.4 Å². The van der Waals surface area contributed by atoms with Gasteiger partial charge in [-0.25, -0.2) is 4.98 Å². The number of benzene rings is 3. The number of thiocarbonyl (C=S) groups is 1. The highest BCUT2D eigenvalue weighted by Crippen LogP contribution is 2.34. The highest BCUT2D eigenvalue weighted by molar-refractivity contribution is 7.80. The van der Waals surface area contributed by atoms with Gasteiger partial charge in [0, 0.05) is 16.1 Å². The Labute approximate surface area is 187 Å². The molecule has 1 heterocycles. The molecular formula is C22H16ClN3O2S2. The molecule has 3 aromatic carbocycles. The zero-order chi connectivity index (χ0) is 21.1. The zero-order valence-electron chi connectivity index (χ0n) is 15.8. The largest absolute Gasteiger partial charge is 0.495 e. The second-order valence-electron chi connectivity index (χ2n) is 6.32. The summed E-state index contributed by atoms with van der Waals surface area (Å²) in [5, 5.41) is 7.21. The fraction of sp³-hybridized carbons (Fsp3) is 0.0455. The molecule has 0 radical (unpaired) electrons. The molecule has 4 rings (SSSR count). The lowest BCUT2D eigenvalue weighted by atomic mass is 10.2. The average molecular weight is 454 g/mol. The molecule has 0 unspecified atom stereocenters. The number of hydrogen-bond donors (Lipinski definition) is 2. The number of halogens is 1. The van der Waals surface area contributed by atoms with Crippen LogP contribution >= 0.6 is 35.2 Å². The number of carbonyl (C=O) groups is 1. The first kappa shape index (κ1) is 20.3. The first-order valence-electron chi connectivity index (χ1n) is 8.95. The van der Waals surface area contributed by atoms with Gasteiger partial charge in [-0.3, -0.25) is 10.1 Å². The van der Waals surface area contributed by atoms with E-state index in [2.05, 4.69) is 15.6 Å². The third-order valence-electron chi connectivity index (χ3n) is 4.30. The van der Waals surface area contributed by atoms with E-state index in [1.165, 1.54) is 0 Å². The SMILES string of the molecule is COc1ccc(-c2nc3ccccc3s2)cc1NC(=S)NC(=O)c1cccc(Cl)c1. The van der Waals surface area contributed by atoms with E-state index in [1.807, 2.05) is 42.5 Å². The van der Waals surface area contributed by atoms with E-state index in [0.29, 0.717) is 22.0 Å². The summed E-state index contributed by atoms with van der Waals surface area (Å²) in [6, 6.07) is 20.3. The number of rotatable bonds is 4. The van der Waals surface area contributed by atoms with E-state index in [-0.39, 0.29) is 11.0 Å². The number of methoxy groups -OCH3 is 1. The van der Waals surface area contributed by atoms with Crippen molar-refractivity contribution < 1.29 is 9.53 Å². The Bertz CT molecular complexity index is 1220. The molecule has 150 valence electrons. The monoisotopic (exact) mass is 453 g/mol. The molecule has 4 aromatic rings. The van der Waals surface area contributed by atoms with Crippen molar-refractivity contribution in [2.24, 2.45) is 0 Å². The molecule has 0 atom stereocenters. The second-order valence-corrected chi connectivity index (χ2v) is 8.20. The van der Waals surface area contributed by atoms with Crippen molar-refractivity contribution in [2.45, 2.75) is 0 Å². The van der Waals surface area contributed by atoms with Crippen LogP contribution in [0.5, 0.6) is 5.75 Å². The Kier molecular flexibility index (Phi) is 5.94. The van der Waals surface area contributed by atoms with Gasteiger partial charge in [-0.2, -0.15) is 0 Å². The van der Waals surface area contributed by atoms with Gasteiger partial charge in [-0.1, -0.05) is 29.8 Å². The van der Waals surface area contributed by atoms with Crippen molar-refractivity contribution in [2.75, 3.05) is 12.4 Å². The Morgan fingerprint density at radius 1 is 1.10 bits per heavy atom. The molecule has 5 nitrogen and oxygen atoms in total. The first-order valence-corrected chi connectivity index (χ1v) is 10.6. The van der Waals surface area contributed by atoms with Crippen molar-refractivity contribution in [1.29, 1.82) is 0 Å². The van der Waals surface area contributed by atoms with Crippen molar-refractivity contribution in [3.05, 3.63) is 77.3 Å². The van der Waals surface area contributed by atoms with Gasteiger partial charge in [-0.15, -0.1) is 11.3 Å². The molecule has 0 saturated carbocycles. The van der Waals surface area contributed by atoms with Gasteiger partial charge in [0.25, 0.3) is 5.91 Å². The van der Waals surface area contributed by atoms with Crippen LogP contribution < -0.4 is 15.4 Å². The third-order valence-corrected chi connectivity index (χ3v) is 5.83. The van der Waals surface area contributed by atoms with Gasteiger partial charge < -0.3 is 10.1 Å². The Morgan fingerprint density at radius 3 is 2.70 bits per heavy atom. The molecule has 1 aromatic heterocycles. The molecule has 0 aliphatic carbocycles. The quantitative estimate of drug-likeness (QED) is 0.385. The number of thiazole rings is 1. The van der Waals surface area contributed by atoms with E-state index in [4.69, 9.17) is 28.6 Å². The molecule has 2 N–H and O–H groups in total. The molecule has 0 fully saturated rings. The van der Waals surface area contributed by atoms with Crippen LogP contribution in [-0.2, 0) is 0 Å². The maximum absolute atomic E-state index is 12.4. The Hall–Kier alpha value is -3.00. The molecule has 8 heteroatoms. The lowest BCUT2D eigenvalue weighted by molar-refractivity contribution is 0.0977. The van der Waals surface area contributed by atoms with Crippen molar-refractivity contribution in [3.63, 3.8) is 0 Å². The summed E-state index contributed by atoms with van der Waals surface area (Å²) in [5.74, 6) is 0.246. The minimum absolute atomic E-state index is 0.153. The number of fused-ring (bicyclic) bond motifs is 1. The lowest BCUT2D eigenvalue weighted by Gasteiger charge is -2.14. The Morgan fingerprint density at radius 2 is 1.93 bits per heavy atom. The van der Waals surface area contributed by atoms with Gasteiger partial charge in [-0.05, 0) is 60.7 Å². The van der Waals surface area contributed by atoms with Gasteiger partial charge in [0.05, 0.1) is 23.0 Å². The van der Waals surface area contributed by atoms with Gasteiger partial charge in [0.1, 0.15) is 10.8 Å². The molecule has 0 spiro atoms. The van der Waals surface area contributed by atoms with E-state index >= 15 is 0 Å². The fourth-order valence-electron chi connectivity index (χ4n) is 2.89. The predicted molar refractivity (Wildman–Crippen MR) is 127 cm³/mol. The predicted octanol–water partition coefficient (Wildman–Crippen LogP) is 5.75. The van der Waals surface area contributed by atoms with Crippen LogP contribution in [0.25, 0.3) is 20.8 Å². The summed E-state index contributed by atoms with van der Waals surface area (Å²) >= 11 is 12.9. The van der Waals surface area contributed by atoms with E-state index in [0.717, 1.165) is 20.8 Å². The number of amides is 1. The molecule has 1 amide bonds. The van der Waals surface area contributed by atoms with Crippen LogP contribution in [0.3, 0.4) is 0 Å². The van der Waals surface area contributed by atoms with Crippen molar-refractivity contribution >= 4 is 62.1 Å². The topological polar surface area (TPSA) is 63.2 Å². The minimum atomic E-state index is -0.351. The first-order chi connectivity index (χ1) is 14.5. The molecule has 30 heavy (non-hydrogen) atoms. The summed E-state index contributed by atoms with van der Waals surface area (Å²) in [7, 11) is 1.57. The summed E-state index contributed by atoms with van der Waals surface area (Å²) in [6.45, 7) is 0. The zero-order valence-corrected chi connectivity index (χ0v) is 18.2. The highest BCUT2D eigenvalue weighted by Gasteiger charge is 2.13. The van der Waals surface area contributed by atoms with Crippen LogP contribution in [0.2, 0.25) is 5.02 Å². The smallest absolute Gasteiger partial charge is 0.257 e. The minimum Gasteiger partial charge on any atom is -0.495 e. The Balaban J connectivity index is 1.56. The highest BCUT2D eigenvalue weighted by atomic mass is 35.5. The van der Waals surface area contributed by atoms with E-state index in [1.54, 1.807) is 42.7 Å².